The maximum atomic E-state index is 2.49. The summed E-state index contributed by atoms with van der Waals surface area (Å²) in [6.45, 7) is 4.99. The van der Waals surface area contributed by atoms with Crippen molar-refractivity contribution >= 4 is 80.4 Å². The molecular formula is C14H24S7. The first-order valence-corrected chi connectivity index (χ1v) is 15.1. The second-order valence-electron chi connectivity index (χ2n) is 6.47. The predicted octanol–water partition coefficient (Wildman–Crippen LogP) is 5.33. The molecule has 0 spiro atoms. The van der Waals surface area contributed by atoms with Crippen molar-refractivity contribution in [3.05, 3.63) is 0 Å². The van der Waals surface area contributed by atoms with Gasteiger partial charge in [0, 0.05) is 66.0 Å². The van der Waals surface area contributed by atoms with Crippen LogP contribution in [-0.2, 0) is 0 Å². The van der Waals surface area contributed by atoms with Crippen molar-refractivity contribution in [2.45, 2.75) is 33.8 Å². The van der Waals surface area contributed by atoms with E-state index in [-0.39, 0.29) is 0 Å². The van der Waals surface area contributed by atoms with Gasteiger partial charge in [0.1, 0.15) is 0 Å². The van der Waals surface area contributed by atoms with Gasteiger partial charge in [-0.3, -0.25) is 0 Å². The third-order valence-electron chi connectivity index (χ3n) is 3.73. The van der Waals surface area contributed by atoms with Crippen molar-refractivity contribution in [1.29, 1.82) is 0 Å². The number of hydrogen-bond acceptors (Lipinski definition) is 7. The maximum absolute atomic E-state index is 2.49. The van der Waals surface area contributed by atoms with Gasteiger partial charge in [-0.15, -0.1) is 0 Å². The Morgan fingerprint density at radius 3 is 1.81 bits per heavy atom. The van der Waals surface area contributed by atoms with Crippen LogP contribution in [0.5, 0.6) is 0 Å². The van der Waals surface area contributed by atoms with Crippen molar-refractivity contribution in [2.75, 3.05) is 46.0 Å². The molecular weight excluding hydrogens is 393 g/mol. The molecule has 122 valence electrons. The Balaban J connectivity index is 1.33. The third-order valence-corrected chi connectivity index (χ3v) is 15.5. The summed E-state index contributed by atoms with van der Waals surface area (Å²) in [6, 6.07) is 0. The first-order chi connectivity index (χ1) is 10.1. The van der Waals surface area contributed by atoms with Gasteiger partial charge in [-0.05, 0) is 13.8 Å². The summed E-state index contributed by atoms with van der Waals surface area (Å²) in [4.78, 5) is 0. The van der Waals surface area contributed by atoms with Crippen LogP contribution in [0.15, 0.2) is 0 Å². The summed E-state index contributed by atoms with van der Waals surface area (Å²) in [5.41, 5.74) is 0. The van der Waals surface area contributed by atoms with E-state index in [9.17, 15) is 0 Å². The number of rotatable bonds is 8. The van der Waals surface area contributed by atoms with Crippen LogP contribution < -0.4 is 0 Å². The molecule has 0 nitrogen and oxygen atoms in total. The summed E-state index contributed by atoms with van der Waals surface area (Å²) < 4.78 is 1.02. The molecule has 4 atom stereocenters. The van der Waals surface area contributed by atoms with Gasteiger partial charge < -0.3 is 0 Å². The monoisotopic (exact) mass is 416 g/mol. The summed E-state index contributed by atoms with van der Waals surface area (Å²) in [6.07, 6.45) is 0. The Bertz CT molecular complexity index is 332. The molecule has 7 heteroatoms. The fourth-order valence-electron chi connectivity index (χ4n) is 2.12. The van der Waals surface area contributed by atoms with Crippen LogP contribution in [0.3, 0.4) is 0 Å². The number of hydrogen-bond donors (Lipinski definition) is 0. The lowest BCUT2D eigenvalue weighted by Gasteiger charge is -2.42. The molecule has 3 fully saturated rings. The molecule has 3 heterocycles. The smallest absolute Gasteiger partial charge is 0.0340 e. The molecule has 0 N–H and O–H groups in total. The SMILES string of the molecule is CC1(CSCC2CS2)CSC(C)(CSCC2CSS2)CS1. The molecule has 0 aromatic heterocycles. The molecule has 21 heavy (non-hydrogen) atoms. The van der Waals surface area contributed by atoms with Crippen LogP contribution in [0.1, 0.15) is 13.8 Å². The highest BCUT2D eigenvalue weighted by atomic mass is 33.1. The highest BCUT2D eigenvalue weighted by Gasteiger charge is 2.39. The van der Waals surface area contributed by atoms with Crippen LogP contribution >= 0.6 is 80.4 Å². The quantitative estimate of drug-likeness (QED) is 0.382. The molecule has 0 radical (unpaired) electrons. The Morgan fingerprint density at radius 1 is 0.905 bits per heavy atom. The number of thioether (sulfide) groups is 5. The fourth-order valence-corrected chi connectivity index (χ4v) is 11.8. The second-order valence-corrected chi connectivity index (χ2v) is 15.7. The maximum Gasteiger partial charge on any atom is 0.0340 e. The molecule has 3 aliphatic heterocycles. The van der Waals surface area contributed by atoms with Gasteiger partial charge in [-0.2, -0.15) is 58.8 Å². The minimum Gasteiger partial charge on any atom is -0.159 e. The Kier molecular flexibility index (Phi) is 7.14. The van der Waals surface area contributed by atoms with Crippen LogP contribution in [-0.4, -0.2) is 66.0 Å². The highest BCUT2D eigenvalue weighted by molar-refractivity contribution is 8.79. The van der Waals surface area contributed by atoms with Crippen LogP contribution in [0, 0.1) is 0 Å². The Labute approximate surface area is 159 Å². The van der Waals surface area contributed by atoms with Crippen LogP contribution in [0.4, 0.5) is 0 Å². The average Bonchev–Trinajstić information content (AvgIpc) is 3.21. The predicted molar refractivity (Wildman–Crippen MR) is 116 cm³/mol. The van der Waals surface area contributed by atoms with E-state index in [0.29, 0.717) is 9.49 Å². The lowest BCUT2D eigenvalue weighted by Crippen LogP contribution is -2.41. The molecule has 4 unspecified atom stereocenters. The molecule has 0 aliphatic carbocycles. The molecule has 0 aromatic carbocycles. The van der Waals surface area contributed by atoms with Gasteiger partial charge in [-0.25, -0.2) is 0 Å². The van der Waals surface area contributed by atoms with Crippen molar-refractivity contribution in [2.24, 2.45) is 0 Å². The van der Waals surface area contributed by atoms with E-state index < -0.39 is 0 Å². The molecule has 3 aliphatic rings. The van der Waals surface area contributed by atoms with Crippen molar-refractivity contribution in [3.63, 3.8) is 0 Å². The van der Waals surface area contributed by atoms with Crippen molar-refractivity contribution < 1.29 is 0 Å². The summed E-state index contributed by atoms with van der Waals surface area (Å²) >= 11 is 11.0. The molecule has 0 aromatic rings. The minimum atomic E-state index is 0.507. The average molecular weight is 417 g/mol. The van der Waals surface area contributed by atoms with E-state index in [0.717, 1.165) is 10.5 Å². The topological polar surface area (TPSA) is 0 Å². The van der Waals surface area contributed by atoms with Gasteiger partial charge in [0.05, 0.1) is 0 Å². The van der Waals surface area contributed by atoms with Crippen molar-refractivity contribution in [1.82, 2.24) is 0 Å². The van der Waals surface area contributed by atoms with E-state index in [2.05, 4.69) is 83.5 Å². The zero-order chi connectivity index (χ0) is 14.8. The molecule has 0 amide bonds. The van der Waals surface area contributed by atoms with E-state index in [4.69, 9.17) is 0 Å². The molecule has 0 saturated carbocycles. The largest absolute Gasteiger partial charge is 0.159 e. The van der Waals surface area contributed by atoms with E-state index in [1.54, 1.807) is 0 Å². The lowest BCUT2D eigenvalue weighted by molar-refractivity contribution is 0.757. The molecule has 0 bridgehead atoms. The Hall–Kier alpha value is 2.45. The minimum absolute atomic E-state index is 0.507. The third kappa shape index (κ3) is 6.03. The lowest BCUT2D eigenvalue weighted by atomic mass is 10.2. The summed E-state index contributed by atoms with van der Waals surface area (Å²) in [7, 11) is 4.12. The summed E-state index contributed by atoms with van der Waals surface area (Å²) in [5, 5.41) is 1.93. The normalized spacial score (nSPS) is 42.6. The van der Waals surface area contributed by atoms with E-state index >= 15 is 0 Å². The van der Waals surface area contributed by atoms with Gasteiger partial charge in [0.15, 0.2) is 0 Å². The van der Waals surface area contributed by atoms with Gasteiger partial charge in [0.2, 0.25) is 0 Å². The molecule has 3 rings (SSSR count). The Morgan fingerprint density at radius 2 is 1.43 bits per heavy atom. The van der Waals surface area contributed by atoms with Gasteiger partial charge in [-0.1, -0.05) is 21.6 Å². The highest BCUT2D eigenvalue weighted by Crippen LogP contribution is 2.48. The van der Waals surface area contributed by atoms with Crippen molar-refractivity contribution in [3.8, 4) is 0 Å². The second kappa shape index (κ2) is 8.22. The van der Waals surface area contributed by atoms with Gasteiger partial charge in [0.25, 0.3) is 0 Å². The van der Waals surface area contributed by atoms with Gasteiger partial charge >= 0.3 is 0 Å². The fraction of sp³-hybridized carbons (Fsp3) is 1.00. The summed E-state index contributed by atoms with van der Waals surface area (Å²) in [5.74, 6) is 10.9. The van der Waals surface area contributed by atoms with E-state index in [1.807, 2.05) is 10.8 Å². The molecule has 3 saturated heterocycles. The van der Waals surface area contributed by atoms with Crippen LogP contribution in [0.25, 0.3) is 0 Å². The van der Waals surface area contributed by atoms with E-state index in [1.165, 1.54) is 46.0 Å². The zero-order valence-corrected chi connectivity index (χ0v) is 18.4. The first-order valence-electron chi connectivity index (χ1n) is 7.40. The first kappa shape index (κ1) is 18.2. The zero-order valence-electron chi connectivity index (χ0n) is 12.7. The van der Waals surface area contributed by atoms with Crippen LogP contribution in [0.2, 0.25) is 0 Å². The standard InChI is InChI=1S/C14H24S7/c1-13(7-15-3-11-5-17-11)9-19-14(2,10-18-13)8-16-4-12-6-20-21-12/h11-12H,3-10H2,1-2H3.